The van der Waals surface area contributed by atoms with E-state index in [0.29, 0.717) is 11.8 Å². The van der Waals surface area contributed by atoms with Gasteiger partial charge in [-0.1, -0.05) is 51.0 Å². The summed E-state index contributed by atoms with van der Waals surface area (Å²) in [7, 11) is 0. The lowest BCUT2D eigenvalue weighted by Gasteiger charge is -2.41. The Hall–Kier alpha value is -0.820. The third-order valence-electron chi connectivity index (χ3n) is 5.64. The number of hydrogen-bond acceptors (Lipinski definition) is 1. The monoisotopic (exact) mass is 286 g/mol. The highest BCUT2D eigenvalue weighted by Gasteiger charge is 2.38. The van der Waals surface area contributed by atoms with Crippen LogP contribution < -0.4 is 0 Å². The molecule has 0 amide bonds. The molecule has 1 heteroatoms. The van der Waals surface area contributed by atoms with Crippen molar-refractivity contribution in [1.29, 1.82) is 0 Å². The van der Waals surface area contributed by atoms with Gasteiger partial charge in [0.1, 0.15) is 0 Å². The molecule has 21 heavy (non-hydrogen) atoms. The van der Waals surface area contributed by atoms with Crippen LogP contribution in [0.15, 0.2) is 24.3 Å². The van der Waals surface area contributed by atoms with Crippen LogP contribution >= 0.6 is 0 Å². The summed E-state index contributed by atoms with van der Waals surface area (Å²) in [6, 6.07) is 8.73. The van der Waals surface area contributed by atoms with Gasteiger partial charge in [0.25, 0.3) is 0 Å². The van der Waals surface area contributed by atoms with Gasteiger partial charge in [0.15, 0.2) is 0 Å². The second-order valence-corrected chi connectivity index (χ2v) is 7.84. The fourth-order valence-electron chi connectivity index (χ4n) is 4.47. The van der Waals surface area contributed by atoms with Crippen LogP contribution in [0.1, 0.15) is 82.3 Å². The molecule has 2 atom stereocenters. The van der Waals surface area contributed by atoms with Crippen molar-refractivity contribution in [2.45, 2.75) is 76.7 Å². The van der Waals surface area contributed by atoms with E-state index in [1.165, 1.54) is 49.7 Å². The molecule has 0 saturated heterocycles. The first-order valence-corrected chi connectivity index (χ1v) is 8.90. The molecule has 3 rings (SSSR count). The second-order valence-electron chi connectivity index (χ2n) is 7.84. The summed E-state index contributed by atoms with van der Waals surface area (Å²) < 4.78 is 0. The lowest BCUT2D eigenvalue weighted by molar-refractivity contribution is -0.0256. The molecule has 2 aliphatic carbocycles. The minimum absolute atomic E-state index is 0.565. The predicted molar refractivity (Wildman–Crippen MR) is 88.3 cm³/mol. The molecule has 0 aromatic heterocycles. The molecule has 2 fully saturated rings. The highest BCUT2D eigenvalue weighted by molar-refractivity contribution is 5.36. The summed E-state index contributed by atoms with van der Waals surface area (Å²) in [5.41, 5.74) is 2.13. The molecule has 1 N–H and O–H groups in total. The molecule has 1 aromatic rings. The lowest BCUT2D eigenvalue weighted by atomic mass is 9.68. The summed E-state index contributed by atoms with van der Waals surface area (Å²) in [6.45, 7) is 4.60. The third-order valence-corrected chi connectivity index (χ3v) is 5.64. The average Bonchev–Trinajstić information content (AvgIpc) is 2.36. The molecule has 2 aliphatic rings. The highest BCUT2D eigenvalue weighted by atomic mass is 16.3. The van der Waals surface area contributed by atoms with Gasteiger partial charge in [0.05, 0.1) is 5.60 Å². The smallest absolute Gasteiger partial charge is 0.0902 e. The first-order valence-electron chi connectivity index (χ1n) is 8.90. The Kier molecular flexibility index (Phi) is 4.40. The van der Waals surface area contributed by atoms with Gasteiger partial charge in [0.2, 0.25) is 0 Å². The van der Waals surface area contributed by atoms with E-state index >= 15 is 0 Å². The van der Waals surface area contributed by atoms with E-state index in [1.807, 2.05) is 0 Å². The molecule has 1 aromatic carbocycles. The molecule has 116 valence electrons. The zero-order valence-corrected chi connectivity index (χ0v) is 13.6. The van der Waals surface area contributed by atoms with Crippen LogP contribution in [0.25, 0.3) is 0 Å². The molecule has 0 bridgehead atoms. The third kappa shape index (κ3) is 3.18. The average molecular weight is 286 g/mol. The van der Waals surface area contributed by atoms with E-state index in [0.717, 1.165) is 18.8 Å². The predicted octanol–water partition coefficient (Wildman–Crippen LogP) is 5.38. The summed E-state index contributed by atoms with van der Waals surface area (Å²) >= 11 is 0. The zero-order valence-electron chi connectivity index (χ0n) is 13.6. The van der Waals surface area contributed by atoms with E-state index in [-0.39, 0.29) is 0 Å². The minimum atomic E-state index is -0.565. The van der Waals surface area contributed by atoms with E-state index in [9.17, 15) is 5.11 Å². The van der Waals surface area contributed by atoms with Gasteiger partial charge in [-0.05, 0) is 67.4 Å². The molecule has 1 nitrogen and oxygen atoms in total. The number of benzene rings is 1. The highest BCUT2D eigenvalue weighted by Crippen LogP contribution is 2.47. The van der Waals surface area contributed by atoms with Crippen LogP contribution in [0.2, 0.25) is 0 Å². The van der Waals surface area contributed by atoms with Gasteiger partial charge in [0, 0.05) is 0 Å². The zero-order chi connectivity index (χ0) is 14.9. The van der Waals surface area contributed by atoms with Crippen LogP contribution in [-0.4, -0.2) is 5.11 Å². The largest absolute Gasteiger partial charge is 0.385 e. The van der Waals surface area contributed by atoms with Gasteiger partial charge < -0.3 is 5.11 Å². The van der Waals surface area contributed by atoms with Crippen molar-refractivity contribution in [3.63, 3.8) is 0 Å². The summed E-state index contributed by atoms with van der Waals surface area (Å²) in [5, 5.41) is 11.4. The standard InChI is InChI=1S/C20H30O/c1-15(2)13-16-7-6-12-20(21,14-16)19-11-4-3-10-18(19)17-8-5-9-17/h3-4,10-11,15-17,21H,5-9,12-14H2,1-2H3. The van der Waals surface area contributed by atoms with Crippen LogP contribution in [0.3, 0.4) is 0 Å². The first kappa shape index (κ1) is 15.1. The van der Waals surface area contributed by atoms with Crippen molar-refractivity contribution >= 4 is 0 Å². The molecule has 0 aliphatic heterocycles. The Morgan fingerprint density at radius 3 is 2.57 bits per heavy atom. The maximum atomic E-state index is 11.4. The van der Waals surface area contributed by atoms with E-state index in [2.05, 4.69) is 38.1 Å². The molecule has 2 unspecified atom stereocenters. The van der Waals surface area contributed by atoms with Crippen molar-refractivity contribution in [2.24, 2.45) is 11.8 Å². The van der Waals surface area contributed by atoms with E-state index in [1.54, 1.807) is 0 Å². The number of aliphatic hydroxyl groups is 1. The van der Waals surface area contributed by atoms with Crippen molar-refractivity contribution in [3.8, 4) is 0 Å². The summed E-state index contributed by atoms with van der Waals surface area (Å²) in [4.78, 5) is 0. The number of rotatable bonds is 4. The quantitative estimate of drug-likeness (QED) is 0.788. The van der Waals surface area contributed by atoms with Crippen LogP contribution in [0, 0.1) is 11.8 Å². The maximum absolute atomic E-state index is 11.4. The van der Waals surface area contributed by atoms with Gasteiger partial charge >= 0.3 is 0 Å². The molecule has 0 radical (unpaired) electrons. The van der Waals surface area contributed by atoms with Crippen molar-refractivity contribution in [3.05, 3.63) is 35.4 Å². The van der Waals surface area contributed by atoms with Crippen molar-refractivity contribution < 1.29 is 5.11 Å². The van der Waals surface area contributed by atoms with Crippen LogP contribution in [-0.2, 0) is 5.60 Å². The maximum Gasteiger partial charge on any atom is 0.0902 e. The Morgan fingerprint density at radius 1 is 1.14 bits per heavy atom. The molecule has 0 spiro atoms. The van der Waals surface area contributed by atoms with Gasteiger partial charge in [-0.2, -0.15) is 0 Å². The molecule has 2 saturated carbocycles. The van der Waals surface area contributed by atoms with Gasteiger partial charge in [-0.15, -0.1) is 0 Å². The topological polar surface area (TPSA) is 20.2 Å². The fourth-order valence-corrected chi connectivity index (χ4v) is 4.47. The Bertz CT molecular complexity index is 474. The summed E-state index contributed by atoms with van der Waals surface area (Å²) in [5.74, 6) is 2.13. The van der Waals surface area contributed by atoms with E-state index in [4.69, 9.17) is 0 Å². The van der Waals surface area contributed by atoms with Gasteiger partial charge in [-0.3, -0.25) is 0 Å². The fraction of sp³-hybridized carbons (Fsp3) is 0.700. The number of hydrogen-bond donors (Lipinski definition) is 1. The van der Waals surface area contributed by atoms with Crippen molar-refractivity contribution in [1.82, 2.24) is 0 Å². The normalized spacial score (nSPS) is 30.4. The molecular weight excluding hydrogens is 256 g/mol. The molecule has 0 heterocycles. The lowest BCUT2D eigenvalue weighted by Crippen LogP contribution is -2.35. The second kappa shape index (κ2) is 6.12. The van der Waals surface area contributed by atoms with Crippen LogP contribution in [0.5, 0.6) is 0 Å². The van der Waals surface area contributed by atoms with Crippen LogP contribution in [0.4, 0.5) is 0 Å². The summed E-state index contributed by atoms with van der Waals surface area (Å²) in [6.07, 6.45) is 9.62. The Morgan fingerprint density at radius 2 is 1.90 bits per heavy atom. The minimum Gasteiger partial charge on any atom is -0.385 e. The SMILES string of the molecule is CC(C)CC1CCCC(O)(c2ccccc2C2CCC2)C1. The Labute approximate surface area is 129 Å². The van der Waals surface area contributed by atoms with Gasteiger partial charge in [-0.25, -0.2) is 0 Å². The Balaban J connectivity index is 1.84. The first-order chi connectivity index (χ1) is 10.1. The van der Waals surface area contributed by atoms with E-state index < -0.39 is 5.60 Å². The van der Waals surface area contributed by atoms with Crippen molar-refractivity contribution in [2.75, 3.05) is 0 Å². The molecular formula is C20H30O.